The van der Waals surface area contributed by atoms with Crippen molar-refractivity contribution in [3.05, 3.63) is 24.3 Å². The van der Waals surface area contributed by atoms with Crippen molar-refractivity contribution in [3.63, 3.8) is 0 Å². The van der Waals surface area contributed by atoms with Crippen molar-refractivity contribution < 1.29 is 14.2 Å². The Bertz CT molecular complexity index is 293. The fraction of sp³-hybridized carbons (Fsp3) is 0.455. The summed E-state index contributed by atoms with van der Waals surface area (Å²) in [4.78, 5) is 0. The van der Waals surface area contributed by atoms with E-state index in [0.29, 0.717) is 26.4 Å². The van der Waals surface area contributed by atoms with Crippen LogP contribution < -0.4 is 10.5 Å². The molecule has 2 rings (SSSR count). The first-order chi connectivity index (χ1) is 7.34. The van der Waals surface area contributed by atoms with E-state index in [2.05, 4.69) is 0 Å². The molecule has 2 N–H and O–H groups in total. The van der Waals surface area contributed by atoms with E-state index >= 15 is 0 Å². The summed E-state index contributed by atoms with van der Waals surface area (Å²) in [6.07, 6.45) is 0.0382. The third kappa shape index (κ3) is 3.11. The lowest BCUT2D eigenvalue weighted by atomic mass is 10.3. The molecule has 1 aliphatic heterocycles. The van der Waals surface area contributed by atoms with E-state index in [1.165, 1.54) is 0 Å². The molecule has 1 aliphatic rings. The van der Waals surface area contributed by atoms with Gasteiger partial charge in [0.15, 0.2) is 0 Å². The summed E-state index contributed by atoms with van der Waals surface area (Å²) >= 11 is 0. The molecule has 82 valence electrons. The molecule has 0 aliphatic carbocycles. The lowest BCUT2D eigenvalue weighted by molar-refractivity contribution is -0.101. The highest BCUT2D eigenvalue weighted by molar-refractivity contribution is 5.41. The first-order valence-electron chi connectivity index (χ1n) is 5.02. The lowest BCUT2D eigenvalue weighted by Crippen LogP contribution is -2.33. The smallest absolute Gasteiger partial charge is 0.119 e. The van der Waals surface area contributed by atoms with Gasteiger partial charge in [0.25, 0.3) is 0 Å². The van der Waals surface area contributed by atoms with Crippen molar-refractivity contribution in [1.29, 1.82) is 0 Å². The predicted molar refractivity (Wildman–Crippen MR) is 56.9 cm³/mol. The monoisotopic (exact) mass is 209 g/mol. The van der Waals surface area contributed by atoms with Crippen LogP contribution in [-0.4, -0.2) is 32.5 Å². The zero-order chi connectivity index (χ0) is 10.5. The van der Waals surface area contributed by atoms with Gasteiger partial charge in [0.2, 0.25) is 0 Å². The average molecular weight is 209 g/mol. The van der Waals surface area contributed by atoms with Gasteiger partial charge in [-0.3, -0.25) is 0 Å². The highest BCUT2D eigenvalue weighted by atomic mass is 16.6. The van der Waals surface area contributed by atoms with Crippen molar-refractivity contribution in [2.75, 3.05) is 32.2 Å². The average Bonchev–Trinajstić information content (AvgIpc) is 2.30. The van der Waals surface area contributed by atoms with Crippen LogP contribution in [0.4, 0.5) is 5.69 Å². The van der Waals surface area contributed by atoms with Gasteiger partial charge in [-0.25, -0.2) is 0 Å². The van der Waals surface area contributed by atoms with Gasteiger partial charge in [0, 0.05) is 5.69 Å². The molecule has 0 unspecified atom stereocenters. The Morgan fingerprint density at radius 2 is 2.07 bits per heavy atom. The van der Waals surface area contributed by atoms with Gasteiger partial charge in [-0.15, -0.1) is 0 Å². The van der Waals surface area contributed by atoms with Crippen LogP contribution in [0.15, 0.2) is 24.3 Å². The Morgan fingerprint density at radius 1 is 1.27 bits per heavy atom. The summed E-state index contributed by atoms with van der Waals surface area (Å²) in [7, 11) is 0. The Balaban J connectivity index is 1.79. The standard InChI is InChI=1S/C11H15NO3/c12-9-1-3-10(4-2-9)15-8-11-7-13-5-6-14-11/h1-4,11H,5-8,12H2/t11-/m0/s1. The first-order valence-corrected chi connectivity index (χ1v) is 5.02. The first kappa shape index (κ1) is 10.3. The molecule has 0 aromatic heterocycles. The summed E-state index contributed by atoms with van der Waals surface area (Å²) in [5, 5.41) is 0. The number of ether oxygens (including phenoxy) is 3. The Hall–Kier alpha value is -1.26. The summed E-state index contributed by atoms with van der Waals surface area (Å²) < 4.78 is 16.3. The number of benzene rings is 1. The van der Waals surface area contributed by atoms with E-state index < -0.39 is 0 Å². The maximum atomic E-state index is 5.57. The van der Waals surface area contributed by atoms with Crippen LogP contribution in [0.5, 0.6) is 5.75 Å². The fourth-order valence-corrected chi connectivity index (χ4v) is 1.39. The molecule has 1 fully saturated rings. The second-order valence-electron chi connectivity index (χ2n) is 3.45. The molecular formula is C11H15NO3. The van der Waals surface area contributed by atoms with Crippen molar-refractivity contribution in [1.82, 2.24) is 0 Å². The van der Waals surface area contributed by atoms with E-state index in [4.69, 9.17) is 19.9 Å². The molecule has 1 heterocycles. The number of anilines is 1. The molecule has 0 spiro atoms. The Kier molecular flexibility index (Phi) is 3.42. The molecule has 4 heteroatoms. The van der Waals surface area contributed by atoms with Gasteiger partial charge < -0.3 is 19.9 Å². The second-order valence-corrected chi connectivity index (χ2v) is 3.45. The van der Waals surface area contributed by atoms with E-state index in [0.717, 1.165) is 11.4 Å². The van der Waals surface area contributed by atoms with E-state index in [-0.39, 0.29) is 6.10 Å². The summed E-state index contributed by atoms with van der Waals surface area (Å²) in [5.74, 6) is 0.804. The van der Waals surface area contributed by atoms with Crippen LogP contribution in [0.1, 0.15) is 0 Å². The largest absolute Gasteiger partial charge is 0.491 e. The molecular weight excluding hydrogens is 194 g/mol. The van der Waals surface area contributed by atoms with Gasteiger partial charge in [-0.2, -0.15) is 0 Å². The fourth-order valence-electron chi connectivity index (χ4n) is 1.39. The summed E-state index contributed by atoms with van der Waals surface area (Å²) in [6, 6.07) is 7.32. The zero-order valence-electron chi connectivity index (χ0n) is 8.52. The van der Waals surface area contributed by atoms with Crippen molar-refractivity contribution in [2.45, 2.75) is 6.10 Å². The van der Waals surface area contributed by atoms with Crippen LogP contribution in [0.25, 0.3) is 0 Å². The minimum absolute atomic E-state index is 0.0382. The zero-order valence-corrected chi connectivity index (χ0v) is 8.52. The molecule has 0 saturated carbocycles. The van der Waals surface area contributed by atoms with Gasteiger partial charge >= 0.3 is 0 Å². The quantitative estimate of drug-likeness (QED) is 0.756. The molecule has 0 radical (unpaired) electrons. The van der Waals surface area contributed by atoms with Crippen molar-refractivity contribution in [3.8, 4) is 5.75 Å². The molecule has 1 aromatic rings. The Morgan fingerprint density at radius 3 is 2.73 bits per heavy atom. The summed E-state index contributed by atoms with van der Waals surface area (Å²) in [6.45, 7) is 2.45. The van der Waals surface area contributed by atoms with Gasteiger partial charge in [-0.1, -0.05) is 0 Å². The molecule has 0 bridgehead atoms. The number of rotatable bonds is 3. The predicted octanol–water partition coefficient (Wildman–Crippen LogP) is 1.06. The Labute approximate surface area is 88.9 Å². The number of nitrogens with two attached hydrogens (primary N) is 1. The molecule has 4 nitrogen and oxygen atoms in total. The van der Waals surface area contributed by atoms with Crippen molar-refractivity contribution >= 4 is 5.69 Å². The summed E-state index contributed by atoms with van der Waals surface area (Å²) in [5.41, 5.74) is 6.30. The highest BCUT2D eigenvalue weighted by Gasteiger charge is 2.14. The molecule has 15 heavy (non-hydrogen) atoms. The highest BCUT2D eigenvalue weighted by Crippen LogP contribution is 2.14. The number of nitrogen functional groups attached to an aromatic ring is 1. The lowest BCUT2D eigenvalue weighted by Gasteiger charge is -2.22. The molecule has 0 amide bonds. The van der Waals surface area contributed by atoms with Crippen molar-refractivity contribution in [2.24, 2.45) is 0 Å². The van der Waals surface area contributed by atoms with E-state index in [1.54, 1.807) is 0 Å². The van der Waals surface area contributed by atoms with E-state index in [1.807, 2.05) is 24.3 Å². The topological polar surface area (TPSA) is 53.7 Å². The third-order valence-corrected chi connectivity index (χ3v) is 2.20. The van der Waals surface area contributed by atoms with Crippen LogP contribution in [0, 0.1) is 0 Å². The maximum absolute atomic E-state index is 5.57. The van der Waals surface area contributed by atoms with E-state index in [9.17, 15) is 0 Å². The SMILES string of the molecule is Nc1ccc(OC[C@@H]2COCCO2)cc1. The minimum Gasteiger partial charge on any atom is -0.491 e. The molecule has 1 aromatic carbocycles. The van der Waals surface area contributed by atoms with Gasteiger partial charge in [0.05, 0.1) is 19.8 Å². The molecule has 1 atom stereocenters. The van der Waals surface area contributed by atoms with Gasteiger partial charge in [-0.05, 0) is 24.3 Å². The van der Waals surface area contributed by atoms with Crippen LogP contribution >= 0.6 is 0 Å². The normalized spacial score (nSPS) is 21.2. The van der Waals surface area contributed by atoms with Crippen LogP contribution in [0.3, 0.4) is 0 Å². The molecule has 1 saturated heterocycles. The van der Waals surface area contributed by atoms with Crippen LogP contribution in [-0.2, 0) is 9.47 Å². The number of hydrogen-bond acceptors (Lipinski definition) is 4. The van der Waals surface area contributed by atoms with Gasteiger partial charge in [0.1, 0.15) is 18.5 Å². The minimum atomic E-state index is 0.0382. The second kappa shape index (κ2) is 5.00. The maximum Gasteiger partial charge on any atom is 0.119 e. The van der Waals surface area contributed by atoms with Crippen LogP contribution in [0.2, 0.25) is 0 Å². The third-order valence-electron chi connectivity index (χ3n) is 2.20. The number of hydrogen-bond donors (Lipinski definition) is 1.